The first-order valence-electron chi connectivity index (χ1n) is 10.3. The molecule has 1 saturated heterocycles. The standard InChI is InChI=1S/C22H33N3O6/c1-21(2,3)30-18(26)23-12-14-24(19(27)29-16-17-10-8-7-9-11-17)25(15-13-23)20(28)31-22(4,5)6/h7-11H,12-16H2,1-6H3. The minimum Gasteiger partial charge on any atom is -0.444 e. The number of hydrogen-bond donors (Lipinski definition) is 0. The zero-order valence-corrected chi connectivity index (χ0v) is 19.2. The Balaban J connectivity index is 2.14. The van der Waals surface area contributed by atoms with Gasteiger partial charge in [-0.25, -0.2) is 24.4 Å². The van der Waals surface area contributed by atoms with Crippen molar-refractivity contribution in [3.8, 4) is 0 Å². The van der Waals surface area contributed by atoms with Gasteiger partial charge in [0.1, 0.15) is 17.8 Å². The first-order valence-corrected chi connectivity index (χ1v) is 10.3. The highest BCUT2D eigenvalue weighted by Crippen LogP contribution is 2.17. The summed E-state index contributed by atoms with van der Waals surface area (Å²) in [6, 6.07) is 9.24. The Morgan fingerprint density at radius 1 is 0.742 bits per heavy atom. The van der Waals surface area contributed by atoms with Crippen molar-refractivity contribution in [2.75, 3.05) is 26.2 Å². The number of benzene rings is 1. The molecule has 31 heavy (non-hydrogen) atoms. The van der Waals surface area contributed by atoms with Crippen molar-refractivity contribution in [2.24, 2.45) is 0 Å². The molecule has 1 fully saturated rings. The van der Waals surface area contributed by atoms with Crippen molar-refractivity contribution in [1.82, 2.24) is 14.9 Å². The lowest BCUT2D eigenvalue weighted by atomic mass is 10.2. The van der Waals surface area contributed by atoms with E-state index in [1.54, 1.807) is 41.5 Å². The summed E-state index contributed by atoms with van der Waals surface area (Å²) in [6.07, 6.45) is -1.88. The quantitative estimate of drug-likeness (QED) is 0.652. The summed E-state index contributed by atoms with van der Waals surface area (Å²) in [7, 11) is 0. The number of carbonyl (C=O) groups excluding carboxylic acids is 3. The molecular formula is C22H33N3O6. The summed E-state index contributed by atoms with van der Waals surface area (Å²) in [4.78, 5) is 39.6. The second kappa shape index (κ2) is 9.89. The highest BCUT2D eigenvalue weighted by Gasteiger charge is 2.35. The minimum absolute atomic E-state index is 0.0616. The highest BCUT2D eigenvalue weighted by atomic mass is 16.6. The van der Waals surface area contributed by atoms with Crippen LogP contribution in [0.5, 0.6) is 0 Å². The molecule has 9 nitrogen and oxygen atoms in total. The topological polar surface area (TPSA) is 88.6 Å². The molecule has 0 saturated carbocycles. The van der Waals surface area contributed by atoms with E-state index >= 15 is 0 Å². The molecule has 0 bridgehead atoms. The molecule has 9 heteroatoms. The van der Waals surface area contributed by atoms with Gasteiger partial charge >= 0.3 is 18.3 Å². The first-order chi connectivity index (χ1) is 14.4. The predicted molar refractivity (Wildman–Crippen MR) is 114 cm³/mol. The van der Waals surface area contributed by atoms with Crippen molar-refractivity contribution < 1.29 is 28.6 Å². The van der Waals surface area contributed by atoms with E-state index in [9.17, 15) is 14.4 Å². The molecule has 0 spiro atoms. The first kappa shape index (κ1) is 24.3. The molecule has 0 unspecified atom stereocenters. The van der Waals surface area contributed by atoms with Crippen LogP contribution in [0.4, 0.5) is 14.4 Å². The Labute approximate surface area is 183 Å². The minimum atomic E-state index is -0.742. The molecule has 0 atom stereocenters. The number of amides is 3. The van der Waals surface area contributed by atoms with Crippen molar-refractivity contribution in [2.45, 2.75) is 59.4 Å². The van der Waals surface area contributed by atoms with E-state index < -0.39 is 29.5 Å². The molecule has 172 valence electrons. The number of hydrazine groups is 1. The molecular weight excluding hydrogens is 402 g/mol. The van der Waals surface area contributed by atoms with E-state index in [0.717, 1.165) is 5.56 Å². The maximum Gasteiger partial charge on any atom is 0.429 e. The second-order valence-corrected chi connectivity index (χ2v) is 9.23. The van der Waals surface area contributed by atoms with E-state index in [1.807, 2.05) is 30.3 Å². The average Bonchev–Trinajstić information content (AvgIpc) is 2.87. The van der Waals surface area contributed by atoms with Gasteiger partial charge in [0.2, 0.25) is 0 Å². The molecule has 3 amide bonds. The number of carbonyl (C=O) groups is 3. The van der Waals surface area contributed by atoms with E-state index in [1.165, 1.54) is 14.9 Å². The zero-order valence-electron chi connectivity index (χ0n) is 19.2. The summed E-state index contributed by atoms with van der Waals surface area (Å²) in [5, 5.41) is 2.37. The van der Waals surface area contributed by atoms with Gasteiger partial charge in [0.25, 0.3) is 0 Å². The van der Waals surface area contributed by atoms with Crippen LogP contribution < -0.4 is 0 Å². The zero-order chi connectivity index (χ0) is 23.2. The largest absolute Gasteiger partial charge is 0.444 e. The van der Waals surface area contributed by atoms with Crippen LogP contribution in [-0.4, -0.2) is 70.6 Å². The molecule has 0 aliphatic carbocycles. The average molecular weight is 436 g/mol. The predicted octanol–water partition coefficient (Wildman–Crippen LogP) is 4.03. The molecule has 0 radical (unpaired) electrons. The Hall–Kier alpha value is -2.97. The van der Waals surface area contributed by atoms with Crippen molar-refractivity contribution in [1.29, 1.82) is 0 Å². The van der Waals surface area contributed by atoms with Gasteiger partial charge in [0.05, 0.1) is 13.1 Å². The number of hydrogen-bond acceptors (Lipinski definition) is 6. The Morgan fingerprint density at radius 3 is 1.74 bits per heavy atom. The van der Waals surface area contributed by atoms with E-state index in [0.29, 0.717) is 0 Å². The van der Waals surface area contributed by atoms with Crippen LogP contribution in [0.15, 0.2) is 30.3 Å². The molecule has 1 aliphatic heterocycles. The van der Waals surface area contributed by atoms with Crippen LogP contribution in [-0.2, 0) is 20.8 Å². The van der Waals surface area contributed by atoms with Gasteiger partial charge in [-0.2, -0.15) is 0 Å². The molecule has 1 aromatic carbocycles. The van der Waals surface area contributed by atoms with E-state index in [4.69, 9.17) is 14.2 Å². The third kappa shape index (κ3) is 7.99. The third-order valence-electron chi connectivity index (χ3n) is 4.13. The van der Waals surface area contributed by atoms with Crippen LogP contribution in [0.2, 0.25) is 0 Å². The van der Waals surface area contributed by atoms with E-state index in [2.05, 4.69) is 0 Å². The molecule has 1 aliphatic rings. The summed E-state index contributed by atoms with van der Waals surface area (Å²) >= 11 is 0. The van der Waals surface area contributed by atoms with Crippen LogP contribution in [0.1, 0.15) is 47.1 Å². The normalized spacial score (nSPS) is 15.2. The Morgan fingerprint density at radius 2 is 1.23 bits per heavy atom. The lowest BCUT2D eigenvalue weighted by molar-refractivity contribution is -0.0421. The lowest BCUT2D eigenvalue weighted by Crippen LogP contribution is -2.52. The van der Waals surface area contributed by atoms with Crippen LogP contribution >= 0.6 is 0 Å². The van der Waals surface area contributed by atoms with E-state index in [-0.39, 0.29) is 32.8 Å². The van der Waals surface area contributed by atoms with Crippen LogP contribution in [0, 0.1) is 0 Å². The monoisotopic (exact) mass is 435 g/mol. The number of ether oxygens (including phenoxy) is 3. The Bertz CT molecular complexity index is 770. The van der Waals surface area contributed by atoms with Crippen LogP contribution in [0.25, 0.3) is 0 Å². The van der Waals surface area contributed by atoms with Gasteiger partial charge < -0.3 is 19.1 Å². The van der Waals surface area contributed by atoms with Crippen molar-refractivity contribution >= 4 is 18.3 Å². The number of rotatable bonds is 2. The molecule has 0 N–H and O–H groups in total. The summed E-state index contributed by atoms with van der Waals surface area (Å²) in [5.74, 6) is 0. The van der Waals surface area contributed by atoms with Crippen molar-refractivity contribution in [3.05, 3.63) is 35.9 Å². The number of nitrogens with zero attached hydrogens (tertiary/aromatic N) is 3. The van der Waals surface area contributed by atoms with Gasteiger partial charge in [0.15, 0.2) is 0 Å². The fourth-order valence-corrected chi connectivity index (χ4v) is 2.78. The second-order valence-electron chi connectivity index (χ2n) is 9.23. The molecule has 0 aromatic heterocycles. The van der Waals surface area contributed by atoms with Gasteiger partial charge in [-0.3, -0.25) is 0 Å². The summed E-state index contributed by atoms with van der Waals surface area (Å²) in [5.41, 5.74) is -0.569. The fourth-order valence-electron chi connectivity index (χ4n) is 2.78. The maximum absolute atomic E-state index is 12.8. The maximum atomic E-state index is 12.8. The summed E-state index contributed by atoms with van der Waals surface area (Å²) < 4.78 is 16.3. The van der Waals surface area contributed by atoms with Gasteiger partial charge in [0, 0.05) is 13.1 Å². The van der Waals surface area contributed by atoms with Gasteiger partial charge in [-0.1, -0.05) is 30.3 Å². The lowest BCUT2D eigenvalue weighted by Gasteiger charge is -2.33. The smallest absolute Gasteiger partial charge is 0.429 e. The fraction of sp³-hybridized carbons (Fsp3) is 0.591. The van der Waals surface area contributed by atoms with Gasteiger partial charge in [-0.15, -0.1) is 0 Å². The Kier molecular flexibility index (Phi) is 7.75. The highest BCUT2D eigenvalue weighted by molar-refractivity contribution is 5.75. The summed E-state index contributed by atoms with van der Waals surface area (Å²) in [6.45, 7) is 11.1. The van der Waals surface area contributed by atoms with Crippen molar-refractivity contribution in [3.63, 3.8) is 0 Å². The van der Waals surface area contributed by atoms with Crippen LogP contribution in [0.3, 0.4) is 0 Å². The van der Waals surface area contributed by atoms with Gasteiger partial charge in [-0.05, 0) is 47.1 Å². The SMILES string of the molecule is CC(C)(C)OC(=O)N1CCN(C(=O)OCc2ccccc2)N(C(=O)OC(C)(C)C)CC1. The third-order valence-corrected chi connectivity index (χ3v) is 4.13. The molecule has 1 heterocycles. The molecule has 1 aromatic rings. The molecule has 2 rings (SSSR count).